The molecule has 1 aromatic heterocycles. The first-order valence-corrected chi connectivity index (χ1v) is 5.46. The fourth-order valence-corrected chi connectivity index (χ4v) is 1.53. The normalized spacial score (nSPS) is 10.1. The highest BCUT2D eigenvalue weighted by atomic mass is 35.5. The molecule has 0 spiro atoms. The molecule has 0 amide bonds. The van der Waals surface area contributed by atoms with E-state index in [4.69, 9.17) is 21.4 Å². The van der Waals surface area contributed by atoms with Gasteiger partial charge in [-0.05, 0) is 6.07 Å². The third-order valence-corrected chi connectivity index (χ3v) is 2.60. The minimum absolute atomic E-state index is 0.0254. The molecule has 2 aromatic rings. The second-order valence-electron chi connectivity index (χ2n) is 3.43. The van der Waals surface area contributed by atoms with Gasteiger partial charge in [0, 0.05) is 16.8 Å². The fourth-order valence-electron chi connectivity index (χ4n) is 1.34. The van der Waals surface area contributed by atoms with E-state index in [1.807, 2.05) is 6.07 Å². The average molecular weight is 265 g/mol. The van der Waals surface area contributed by atoms with Gasteiger partial charge in [0.1, 0.15) is 18.5 Å². The highest BCUT2D eigenvalue weighted by Crippen LogP contribution is 2.19. The number of carboxylic acids is 1. The predicted octanol–water partition coefficient (Wildman–Crippen LogP) is 2.41. The number of hydrogen-bond donors (Lipinski definition) is 1. The van der Waals surface area contributed by atoms with Crippen LogP contribution in [0, 0.1) is 0 Å². The quantitative estimate of drug-likeness (QED) is 0.918. The number of nitrogens with zero attached hydrogens (tertiary/aromatic N) is 2. The van der Waals surface area contributed by atoms with Gasteiger partial charge >= 0.3 is 5.97 Å². The molecular weight excluding hydrogens is 256 g/mol. The zero-order valence-electron chi connectivity index (χ0n) is 9.21. The first kappa shape index (κ1) is 12.3. The van der Waals surface area contributed by atoms with Crippen molar-refractivity contribution in [3.05, 3.63) is 52.9 Å². The Bertz CT molecular complexity index is 575. The smallest absolute Gasteiger partial charge is 0.342 e. The monoisotopic (exact) mass is 264 g/mol. The largest absolute Gasteiger partial charge is 0.477 e. The van der Waals surface area contributed by atoms with E-state index in [9.17, 15) is 4.79 Å². The summed E-state index contributed by atoms with van der Waals surface area (Å²) in [6.45, 7) is 0.150. The van der Waals surface area contributed by atoms with Crippen LogP contribution < -0.4 is 4.74 Å². The Kier molecular flexibility index (Phi) is 3.74. The molecule has 1 heterocycles. The van der Waals surface area contributed by atoms with Gasteiger partial charge in [0.05, 0.1) is 0 Å². The average Bonchev–Trinajstić information content (AvgIpc) is 2.38. The maximum atomic E-state index is 10.9. The minimum atomic E-state index is -1.13. The van der Waals surface area contributed by atoms with Gasteiger partial charge in [-0.25, -0.2) is 14.8 Å². The zero-order valence-corrected chi connectivity index (χ0v) is 9.96. The number of ether oxygens (including phenoxy) is 1. The Morgan fingerprint density at radius 2 is 2.17 bits per heavy atom. The van der Waals surface area contributed by atoms with Crippen LogP contribution in [-0.2, 0) is 6.61 Å². The maximum absolute atomic E-state index is 10.9. The molecule has 0 radical (unpaired) electrons. The van der Waals surface area contributed by atoms with Gasteiger partial charge in [0.25, 0.3) is 0 Å². The predicted molar refractivity (Wildman–Crippen MR) is 64.8 cm³/mol. The molecule has 0 unspecified atom stereocenters. The van der Waals surface area contributed by atoms with Crippen LogP contribution in [0.15, 0.2) is 36.8 Å². The van der Waals surface area contributed by atoms with Crippen molar-refractivity contribution in [1.82, 2.24) is 9.97 Å². The van der Waals surface area contributed by atoms with E-state index in [0.29, 0.717) is 5.02 Å². The lowest BCUT2D eigenvalue weighted by Gasteiger charge is -2.08. The van der Waals surface area contributed by atoms with Gasteiger partial charge in [-0.15, -0.1) is 0 Å². The molecule has 2 rings (SSSR count). The second-order valence-corrected chi connectivity index (χ2v) is 3.83. The third-order valence-electron chi connectivity index (χ3n) is 2.23. The molecule has 0 fully saturated rings. The molecule has 0 saturated heterocycles. The maximum Gasteiger partial charge on any atom is 0.342 e. The van der Waals surface area contributed by atoms with E-state index in [2.05, 4.69) is 9.97 Å². The van der Waals surface area contributed by atoms with Crippen LogP contribution in [0.3, 0.4) is 0 Å². The number of benzene rings is 1. The van der Waals surface area contributed by atoms with Crippen molar-refractivity contribution in [3.8, 4) is 5.88 Å². The Balaban J connectivity index is 2.16. The lowest BCUT2D eigenvalue weighted by atomic mass is 10.2. The van der Waals surface area contributed by atoms with Gasteiger partial charge in [-0.3, -0.25) is 0 Å². The van der Waals surface area contributed by atoms with E-state index < -0.39 is 5.97 Å². The number of carboxylic acid groups (broad SMARTS) is 1. The van der Waals surface area contributed by atoms with Crippen molar-refractivity contribution in [1.29, 1.82) is 0 Å². The Morgan fingerprint density at radius 3 is 2.89 bits per heavy atom. The SMILES string of the molecule is O=C(O)c1cncnc1OCc1ccccc1Cl. The van der Waals surface area contributed by atoms with Crippen LogP contribution >= 0.6 is 11.6 Å². The number of carbonyl (C=O) groups is 1. The first-order chi connectivity index (χ1) is 8.68. The van der Waals surface area contributed by atoms with Gasteiger partial charge in [0.2, 0.25) is 5.88 Å². The summed E-state index contributed by atoms with van der Waals surface area (Å²) in [5.74, 6) is -1.11. The van der Waals surface area contributed by atoms with Gasteiger partial charge < -0.3 is 9.84 Å². The summed E-state index contributed by atoms with van der Waals surface area (Å²) >= 11 is 5.96. The first-order valence-electron chi connectivity index (χ1n) is 5.08. The molecule has 92 valence electrons. The molecule has 0 aliphatic heterocycles. The van der Waals surface area contributed by atoms with E-state index in [1.165, 1.54) is 12.5 Å². The van der Waals surface area contributed by atoms with Crippen LogP contribution in [0.1, 0.15) is 15.9 Å². The van der Waals surface area contributed by atoms with E-state index in [1.54, 1.807) is 18.2 Å². The highest BCUT2D eigenvalue weighted by molar-refractivity contribution is 6.31. The fraction of sp³-hybridized carbons (Fsp3) is 0.0833. The number of aromatic nitrogens is 2. The molecule has 6 heteroatoms. The summed E-state index contributed by atoms with van der Waals surface area (Å²) in [6.07, 6.45) is 2.42. The minimum Gasteiger partial charge on any atom is -0.477 e. The highest BCUT2D eigenvalue weighted by Gasteiger charge is 2.13. The molecule has 0 aliphatic carbocycles. The molecule has 0 aliphatic rings. The van der Waals surface area contributed by atoms with Crippen molar-refractivity contribution < 1.29 is 14.6 Å². The summed E-state index contributed by atoms with van der Waals surface area (Å²) in [4.78, 5) is 18.3. The molecule has 1 N–H and O–H groups in total. The van der Waals surface area contributed by atoms with Crippen molar-refractivity contribution in [3.63, 3.8) is 0 Å². The number of hydrogen-bond acceptors (Lipinski definition) is 4. The topological polar surface area (TPSA) is 72.3 Å². The summed E-state index contributed by atoms with van der Waals surface area (Å²) in [5, 5.41) is 9.49. The molecule has 1 aromatic carbocycles. The van der Waals surface area contributed by atoms with Crippen LogP contribution in [0.4, 0.5) is 0 Å². The van der Waals surface area contributed by atoms with E-state index in [-0.39, 0.29) is 18.1 Å². The lowest BCUT2D eigenvalue weighted by Crippen LogP contribution is -2.06. The summed E-state index contributed by atoms with van der Waals surface area (Å²) in [5.41, 5.74) is 0.679. The molecular formula is C12H9ClN2O3. The van der Waals surface area contributed by atoms with Crippen LogP contribution in [0.5, 0.6) is 5.88 Å². The number of halogens is 1. The standard InChI is InChI=1S/C12H9ClN2O3/c13-10-4-2-1-3-8(10)6-18-11-9(12(16)17)5-14-7-15-11/h1-5,7H,6H2,(H,16,17). The van der Waals surface area contributed by atoms with Crippen LogP contribution in [0.25, 0.3) is 0 Å². The van der Waals surface area contributed by atoms with Gasteiger partial charge in [0.15, 0.2) is 0 Å². The van der Waals surface area contributed by atoms with Gasteiger partial charge in [-0.1, -0.05) is 29.8 Å². The number of rotatable bonds is 4. The molecule has 18 heavy (non-hydrogen) atoms. The van der Waals surface area contributed by atoms with Crippen molar-refractivity contribution in [2.45, 2.75) is 6.61 Å². The number of aromatic carboxylic acids is 1. The summed E-state index contributed by atoms with van der Waals surface area (Å²) < 4.78 is 5.35. The molecule has 0 atom stereocenters. The summed E-state index contributed by atoms with van der Waals surface area (Å²) in [7, 11) is 0. The van der Waals surface area contributed by atoms with Crippen molar-refractivity contribution in [2.24, 2.45) is 0 Å². The van der Waals surface area contributed by atoms with E-state index in [0.717, 1.165) is 5.56 Å². The Hall–Kier alpha value is -2.14. The summed E-state index contributed by atoms with van der Waals surface area (Å²) in [6, 6.07) is 7.16. The lowest BCUT2D eigenvalue weighted by molar-refractivity contribution is 0.0690. The Morgan fingerprint density at radius 1 is 1.39 bits per heavy atom. The second kappa shape index (κ2) is 5.46. The zero-order chi connectivity index (χ0) is 13.0. The van der Waals surface area contributed by atoms with Gasteiger partial charge in [-0.2, -0.15) is 0 Å². The van der Waals surface area contributed by atoms with Crippen LogP contribution in [0.2, 0.25) is 5.02 Å². The van der Waals surface area contributed by atoms with Crippen molar-refractivity contribution in [2.75, 3.05) is 0 Å². The molecule has 0 saturated carbocycles. The van der Waals surface area contributed by atoms with E-state index >= 15 is 0 Å². The third kappa shape index (κ3) is 2.75. The Labute approximate surface area is 108 Å². The molecule has 0 bridgehead atoms. The van der Waals surface area contributed by atoms with Crippen molar-refractivity contribution >= 4 is 17.6 Å². The van der Waals surface area contributed by atoms with Crippen LogP contribution in [-0.4, -0.2) is 21.0 Å². The molecule has 5 nitrogen and oxygen atoms in total.